The summed E-state index contributed by atoms with van der Waals surface area (Å²) in [5.41, 5.74) is 1.66. The molecule has 0 saturated heterocycles. The Hall–Kier alpha value is -3.38. The van der Waals surface area contributed by atoms with Crippen LogP contribution in [0.4, 0.5) is 14.5 Å². The number of methoxy groups -OCH3 is 2. The van der Waals surface area contributed by atoms with E-state index in [2.05, 4.69) is 19.8 Å². The van der Waals surface area contributed by atoms with Crippen LogP contribution >= 0.6 is 11.3 Å². The average molecular weight is 384 g/mol. The zero-order chi connectivity index (χ0) is 19.1. The molecule has 0 saturated carbocycles. The predicted molar refractivity (Wildman–Crippen MR) is 97.4 cm³/mol. The Balaban J connectivity index is 2.02. The van der Waals surface area contributed by atoms with Gasteiger partial charge in [-0.25, -0.2) is 24.2 Å². The highest BCUT2D eigenvalue weighted by atomic mass is 32.1. The number of ether oxygens (including phenoxy) is 2. The molecule has 0 bridgehead atoms. The molecule has 0 fully saturated rings. The first kappa shape index (κ1) is 17.1. The Bertz CT molecular complexity index is 1250. The molecular formula is C18H10F2N4O2S. The Kier molecular flexibility index (Phi) is 4.05. The molecule has 2 heterocycles. The summed E-state index contributed by atoms with van der Waals surface area (Å²) < 4.78 is 38.7. The van der Waals surface area contributed by atoms with Gasteiger partial charge >= 0.3 is 0 Å². The van der Waals surface area contributed by atoms with Gasteiger partial charge in [-0.3, -0.25) is 0 Å². The predicted octanol–water partition coefficient (Wildman–Crippen LogP) is 4.75. The van der Waals surface area contributed by atoms with E-state index in [9.17, 15) is 8.78 Å². The summed E-state index contributed by atoms with van der Waals surface area (Å²) in [6.07, 6.45) is 1.44. The molecule has 2 aromatic heterocycles. The normalized spacial score (nSPS) is 10.9. The molecule has 2 aromatic carbocycles. The second-order valence-electron chi connectivity index (χ2n) is 5.46. The summed E-state index contributed by atoms with van der Waals surface area (Å²) in [4.78, 5) is 16.3. The van der Waals surface area contributed by atoms with E-state index in [1.807, 2.05) is 0 Å². The van der Waals surface area contributed by atoms with Gasteiger partial charge in [-0.1, -0.05) is 0 Å². The number of hydrogen-bond donors (Lipinski definition) is 0. The smallest absolute Gasteiger partial charge is 0.232 e. The maximum absolute atomic E-state index is 14.3. The summed E-state index contributed by atoms with van der Waals surface area (Å²) in [6.45, 7) is 7.30. The minimum absolute atomic E-state index is 0.101. The number of thiazole rings is 1. The lowest BCUT2D eigenvalue weighted by Gasteiger charge is -2.05. The maximum atomic E-state index is 14.3. The first-order valence-corrected chi connectivity index (χ1v) is 8.42. The van der Waals surface area contributed by atoms with Crippen molar-refractivity contribution in [1.82, 2.24) is 15.0 Å². The van der Waals surface area contributed by atoms with Crippen molar-refractivity contribution in [3.63, 3.8) is 0 Å². The zero-order valence-electron chi connectivity index (χ0n) is 14.1. The van der Waals surface area contributed by atoms with Crippen LogP contribution in [0.5, 0.6) is 11.6 Å². The number of aromatic nitrogens is 3. The van der Waals surface area contributed by atoms with Gasteiger partial charge in [0.1, 0.15) is 10.5 Å². The molecular weight excluding hydrogens is 374 g/mol. The van der Waals surface area contributed by atoms with Gasteiger partial charge in [0.05, 0.1) is 42.7 Å². The molecule has 0 unspecified atom stereocenters. The third-order valence-electron chi connectivity index (χ3n) is 3.93. The minimum atomic E-state index is -1.09. The van der Waals surface area contributed by atoms with E-state index in [0.29, 0.717) is 37.9 Å². The van der Waals surface area contributed by atoms with Crippen LogP contribution < -0.4 is 9.47 Å². The van der Waals surface area contributed by atoms with E-state index >= 15 is 0 Å². The second-order valence-corrected chi connectivity index (χ2v) is 6.49. The van der Waals surface area contributed by atoms with Gasteiger partial charge < -0.3 is 9.47 Å². The van der Waals surface area contributed by atoms with Crippen molar-refractivity contribution in [3.8, 4) is 22.2 Å². The van der Waals surface area contributed by atoms with Crippen molar-refractivity contribution in [3.05, 3.63) is 47.4 Å². The number of fused-ring (bicyclic) bond motifs is 2. The van der Waals surface area contributed by atoms with Gasteiger partial charge in [-0.2, -0.15) is 4.39 Å². The number of halogens is 2. The van der Waals surface area contributed by atoms with Crippen molar-refractivity contribution in [2.24, 2.45) is 0 Å². The van der Waals surface area contributed by atoms with Crippen LogP contribution in [0.1, 0.15) is 0 Å². The molecule has 0 radical (unpaired) electrons. The maximum Gasteiger partial charge on any atom is 0.232 e. The second kappa shape index (κ2) is 6.41. The van der Waals surface area contributed by atoms with E-state index < -0.39 is 11.6 Å². The monoisotopic (exact) mass is 384 g/mol. The fourth-order valence-corrected chi connectivity index (χ4v) is 3.67. The van der Waals surface area contributed by atoms with Crippen LogP contribution in [-0.4, -0.2) is 29.2 Å². The van der Waals surface area contributed by atoms with Crippen LogP contribution in [0, 0.1) is 18.2 Å². The zero-order valence-corrected chi connectivity index (χ0v) is 14.9. The average Bonchev–Trinajstić information content (AvgIpc) is 3.13. The number of rotatable bonds is 3. The molecule has 4 aromatic rings. The minimum Gasteiger partial charge on any atom is -0.494 e. The number of hydrogen-bond acceptors (Lipinski definition) is 6. The molecule has 134 valence electrons. The Labute approximate surface area is 155 Å². The third kappa shape index (κ3) is 2.71. The summed E-state index contributed by atoms with van der Waals surface area (Å²) in [5, 5.41) is 0.395. The number of nitrogens with zero attached hydrogens (tertiary/aromatic N) is 4. The summed E-state index contributed by atoms with van der Waals surface area (Å²) in [7, 11) is 2.73. The van der Waals surface area contributed by atoms with Crippen molar-refractivity contribution in [2.45, 2.75) is 0 Å². The van der Waals surface area contributed by atoms with E-state index in [4.69, 9.17) is 16.0 Å². The highest BCUT2D eigenvalue weighted by Gasteiger charge is 2.20. The van der Waals surface area contributed by atoms with Gasteiger partial charge in [0.2, 0.25) is 11.7 Å². The van der Waals surface area contributed by atoms with Crippen LogP contribution in [0.25, 0.3) is 36.7 Å². The van der Waals surface area contributed by atoms with Crippen molar-refractivity contribution < 1.29 is 18.3 Å². The van der Waals surface area contributed by atoms with Gasteiger partial charge in [0.25, 0.3) is 0 Å². The Morgan fingerprint density at radius 2 is 1.85 bits per heavy atom. The largest absolute Gasteiger partial charge is 0.494 e. The molecule has 0 aliphatic rings. The lowest BCUT2D eigenvalue weighted by atomic mass is 10.1. The van der Waals surface area contributed by atoms with Gasteiger partial charge in [-0.15, -0.1) is 11.3 Å². The van der Waals surface area contributed by atoms with Crippen LogP contribution in [0.15, 0.2) is 24.4 Å². The van der Waals surface area contributed by atoms with Crippen molar-refractivity contribution in [2.75, 3.05) is 14.2 Å². The first-order chi connectivity index (χ1) is 13.0. The van der Waals surface area contributed by atoms with Gasteiger partial charge in [0, 0.05) is 11.6 Å². The first-order valence-electron chi connectivity index (χ1n) is 7.61. The summed E-state index contributed by atoms with van der Waals surface area (Å²) in [6, 6.07) is 4.57. The quantitative estimate of drug-likeness (QED) is 0.477. The standard InChI is InChI=1S/C18H10F2N4O2S/c1-21-8-4-9(16-10(5-8)23-13(26-3)7-22-16)18-24-17-12(27-18)6-11(25-2)14(19)15(17)20/h4-7H,2-3H3. The van der Waals surface area contributed by atoms with Gasteiger partial charge in [0.15, 0.2) is 17.3 Å². The Morgan fingerprint density at radius 3 is 2.56 bits per heavy atom. The summed E-state index contributed by atoms with van der Waals surface area (Å²) in [5.74, 6) is -2.06. The van der Waals surface area contributed by atoms with E-state index in [1.165, 1.54) is 26.5 Å². The third-order valence-corrected chi connectivity index (χ3v) is 4.97. The lowest BCUT2D eigenvalue weighted by molar-refractivity contribution is 0.374. The van der Waals surface area contributed by atoms with Crippen LogP contribution in [0.3, 0.4) is 0 Å². The van der Waals surface area contributed by atoms with Crippen LogP contribution in [-0.2, 0) is 0 Å². The molecule has 4 rings (SSSR count). The van der Waals surface area contributed by atoms with E-state index in [0.717, 1.165) is 11.3 Å². The Morgan fingerprint density at radius 1 is 1.04 bits per heavy atom. The van der Waals surface area contributed by atoms with E-state index in [-0.39, 0.29) is 11.3 Å². The highest BCUT2D eigenvalue weighted by Crippen LogP contribution is 2.39. The molecule has 0 spiro atoms. The number of benzene rings is 2. The van der Waals surface area contributed by atoms with Gasteiger partial charge in [-0.05, 0) is 12.1 Å². The molecule has 27 heavy (non-hydrogen) atoms. The van der Waals surface area contributed by atoms with Crippen molar-refractivity contribution in [1.29, 1.82) is 0 Å². The van der Waals surface area contributed by atoms with E-state index in [1.54, 1.807) is 12.1 Å². The summed E-state index contributed by atoms with van der Waals surface area (Å²) >= 11 is 1.15. The van der Waals surface area contributed by atoms with Crippen LogP contribution in [0.2, 0.25) is 0 Å². The SMILES string of the molecule is [C-]#[N+]c1cc(-c2nc3c(F)c(F)c(OC)cc3s2)c2ncc(OC)nc2c1. The fraction of sp³-hybridized carbons (Fsp3) is 0.111. The molecule has 0 aliphatic heterocycles. The molecule has 0 aliphatic carbocycles. The molecule has 0 amide bonds. The molecule has 6 nitrogen and oxygen atoms in total. The lowest BCUT2D eigenvalue weighted by Crippen LogP contribution is -1.93. The molecule has 0 N–H and O–H groups in total. The molecule has 0 atom stereocenters. The topological polar surface area (TPSA) is 61.5 Å². The van der Waals surface area contributed by atoms with Crippen molar-refractivity contribution >= 4 is 38.3 Å². The molecule has 9 heteroatoms. The fourth-order valence-electron chi connectivity index (χ4n) is 2.66. The highest BCUT2D eigenvalue weighted by molar-refractivity contribution is 7.21.